The third kappa shape index (κ3) is 4.22. The van der Waals surface area contributed by atoms with Crippen LogP contribution < -0.4 is 14.8 Å². The number of para-hydroxylation sites is 1. The molecule has 0 radical (unpaired) electrons. The van der Waals surface area contributed by atoms with Gasteiger partial charge in [-0.05, 0) is 36.4 Å². The Balaban J connectivity index is 1.73. The fourth-order valence-corrected chi connectivity index (χ4v) is 3.37. The third-order valence-electron chi connectivity index (χ3n) is 4.64. The molecule has 31 heavy (non-hydrogen) atoms. The van der Waals surface area contributed by atoms with Gasteiger partial charge in [0.15, 0.2) is 5.69 Å². The lowest BCUT2D eigenvalue weighted by Crippen LogP contribution is -2.14. The lowest BCUT2D eigenvalue weighted by molar-refractivity contribution is 0.102. The number of methoxy groups -OCH3 is 2. The molecule has 1 amide bonds. The second kappa shape index (κ2) is 8.89. The van der Waals surface area contributed by atoms with Crippen molar-refractivity contribution in [3.8, 4) is 28.4 Å². The van der Waals surface area contributed by atoms with Crippen LogP contribution in [0.2, 0.25) is 5.02 Å². The lowest BCUT2D eigenvalue weighted by atomic mass is 10.1. The summed E-state index contributed by atoms with van der Waals surface area (Å²) in [6.45, 7) is 0. The summed E-state index contributed by atoms with van der Waals surface area (Å²) in [7, 11) is 3.01. The van der Waals surface area contributed by atoms with Crippen LogP contribution in [0.4, 0.5) is 5.69 Å². The van der Waals surface area contributed by atoms with E-state index in [2.05, 4.69) is 15.4 Å². The van der Waals surface area contributed by atoms with Gasteiger partial charge in [-0.25, -0.2) is 4.68 Å². The molecule has 0 saturated carbocycles. The number of carbonyl (C=O) groups excluding carboxylic acids is 1. The van der Waals surface area contributed by atoms with Crippen LogP contribution in [-0.4, -0.2) is 34.9 Å². The Kier molecular flexibility index (Phi) is 5.86. The van der Waals surface area contributed by atoms with Crippen LogP contribution in [-0.2, 0) is 0 Å². The smallest absolute Gasteiger partial charge is 0.276 e. The van der Waals surface area contributed by atoms with Crippen LogP contribution in [0.1, 0.15) is 10.5 Å². The van der Waals surface area contributed by atoms with Gasteiger partial charge in [-0.3, -0.25) is 9.78 Å². The number of aromatic nitrogens is 3. The second-order valence-corrected chi connectivity index (χ2v) is 6.95. The van der Waals surface area contributed by atoms with E-state index in [0.717, 1.165) is 16.9 Å². The van der Waals surface area contributed by atoms with Crippen molar-refractivity contribution in [1.29, 1.82) is 0 Å². The van der Waals surface area contributed by atoms with E-state index in [1.807, 2.05) is 42.5 Å². The molecule has 0 saturated heterocycles. The summed E-state index contributed by atoms with van der Waals surface area (Å²) in [6.07, 6.45) is 3.39. The molecule has 0 aliphatic heterocycles. The van der Waals surface area contributed by atoms with Crippen molar-refractivity contribution in [1.82, 2.24) is 14.8 Å². The Morgan fingerprint density at radius 2 is 1.68 bits per heavy atom. The van der Waals surface area contributed by atoms with E-state index in [0.29, 0.717) is 22.2 Å². The summed E-state index contributed by atoms with van der Waals surface area (Å²) >= 11 is 6.22. The molecule has 2 heterocycles. The Bertz CT molecular complexity index is 1150. The molecule has 8 heteroatoms. The molecule has 156 valence electrons. The molecular weight excluding hydrogens is 416 g/mol. The van der Waals surface area contributed by atoms with Gasteiger partial charge in [-0.1, -0.05) is 29.8 Å². The van der Waals surface area contributed by atoms with E-state index in [-0.39, 0.29) is 5.69 Å². The first-order valence-electron chi connectivity index (χ1n) is 9.39. The van der Waals surface area contributed by atoms with Crippen LogP contribution in [0, 0.1) is 0 Å². The molecule has 4 aromatic rings. The number of nitrogens with zero attached hydrogens (tertiary/aromatic N) is 3. The monoisotopic (exact) mass is 434 g/mol. The van der Waals surface area contributed by atoms with Gasteiger partial charge in [-0.15, -0.1) is 0 Å². The van der Waals surface area contributed by atoms with Crippen molar-refractivity contribution < 1.29 is 14.3 Å². The first-order chi connectivity index (χ1) is 15.1. The third-order valence-corrected chi connectivity index (χ3v) is 4.94. The Morgan fingerprint density at radius 1 is 0.968 bits per heavy atom. The number of ether oxygens (including phenoxy) is 2. The molecule has 2 aromatic heterocycles. The van der Waals surface area contributed by atoms with Gasteiger partial charge in [0, 0.05) is 24.0 Å². The highest BCUT2D eigenvalue weighted by molar-refractivity contribution is 6.32. The Labute approximate surface area is 184 Å². The van der Waals surface area contributed by atoms with E-state index in [4.69, 9.17) is 21.1 Å². The van der Waals surface area contributed by atoms with Gasteiger partial charge in [0.05, 0.1) is 36.3 Å². The van der Waals surface area contributed by atoms with Gasteiger partial charge < -0.3 is 14.8 Å². The van der Waals surface area contributed by atoms with Crippen LogP contribution in [0.5, 0.6) is 11.5 Å². The summed E-state index contributed by atoms with van der Waals surface area (Å²) in [6, 6.07) is 18.3. The summed E-state index contributed by atoms with van der Waals surface area (Å²) < 4.78 is 12.3. The van der Waals surface area contributed by atoms with Crippen molar-refractivity contribution in [2.24, 2.45) is 0 Å². The fourth-order valence-electron chi connectivity index (χ4n) is 3.13. The largest absolute Gasteiger partial charge is 0.495 e. The zero-order valence-electron chi connectivity index (χ0n) is 16.9. The molecular formula is C23H19ClN4O3. The van der Waals surface area contributed by atoms with Crippen molar-refractivity contribution >= 4 is 23.2 Å². The van der Waals surface area contributed by atoms with E-state index in [9.17, 15) is 4.79 Å². The summed E-state index contributed by atoms with van der Waals surface area (Å²) in [5.74, 6) is 0.473. The number of nitrogens with one attached hydrogen (secondary N) is 1. The number of rotatable bonds is 6. The lowest BCUT2D eigenvalue weighted by Gasteiger charge is -2.12. The number of amides is 1. The molecule has 0 aliphatic carbocycles. The minimum Gasteiger partial charge on any atom is -0.495 e. The molecule has 0 unspecified atom stereocenters. The number of carbonyl (C=O) groups is 1. The van der Waals surface area contributed by atoms with Gasteiger partial charge in [0.1, 0.15) is 11.5 Å². The maximum atomic E-state index is 13.0. The normalized spacial score (nSPS) is 10.5. The van der Waals surface area contributed by atoms with E-state index in [1.54, 1.807) is 35.3 Å². The zero-order chi connectivity index (χ0) is 21.8. The molecule has 2 aromatic carbocycles. The highest BCUT2D eigenvalue weighted by Gasteiger charge is 2.19. The first kappa shape index (κ1) is 20.4. The molecule has 0 fully saturated rings. The maximum Gasteiger partial charge on any atom is 0.276 e. The number of hydrogen-bond acceptors (Lipinski definition) is 5. The van der Waals surface area contributed by atoms with Gasteiger partial charge in [0.25, 0.3) is 5.91 Å². The van der Waals surface area contributed by atoms with Crippen molar-refractivity contribution in [3.05, 3.63) is 83.8 Å². The SMILES string of the molecule is COc1cc(OC)c(NC(=O)c2cc(-c3ccncc3)n(-c3ccccc3)n2)cc1Cl. The van der Waals surface area contributed by atoms with Crippen molar-refractivity contribution in [2.75, 3.05) is 19.5 Å². The van der Waals surface area contributed by atoms with Gasteiger partial charge in [0.2, 0.25) is 0 Å². The number of anilines is 1. The zero-order valence-corrected chi connectivity index (χ0v) is 17.6. The van der Waals surface area contributed by atoms with Gasteiger partial charge >= 0.3 is 0 Å². The molecule has 7 nitrogen and oxygen atoms in total. The van der Waals surface area contributed by atoms with Crippen LogP contribution >= 0.6 is 11.6 Å². The van der Waals surface area contributed by atoms with Crippen LogP contribution in [0.25, 0.3) is 16.9 Å². The van der Waals surface area contributed by atoms with E-state index >= 15 is 0 Å². The van der Waals surface area contributed by atoms with E-state index in [1.165, 1.54) is 14.2 Å². The molecule has 4 rings (SSSR count). The molecule has 0 bridgehead atoms. The predicted octanol–water partition coefficient (Wildman–Crippen LogP) is 4.86. The Hall–Kier alpha value is -3.84. The maximum absolute atomic E-state index is 13.0. The second-order valence-electron chi connectivity index (χ2n) is 6.54. The summed E-state index contributed by atoms with van der Waals surface area (Å²) in [4.78, 5) is 17.1. The average Bonchev–Trinajstić information content (AvgIpc) is 3.26. The standard InChI is InChI=1S/C23H19ClN4O3/c1-30-21-14-22(31-2)18(12-17(21)24)26-23(29)19-13-20(15-8-10-25-11-9-15)28(27-19)16-6-4-3-5-7-16/h3-14H,1-2H3,(H,26,29). The molecule has 1 N–H and O–H groups in total. The van der Waals surface area contributed by atoms with Crippen LogP contribution in [0.3, 0.4) is 0 Å². The highest BCUT2D eigenvalue weighted by atomic mass is 35.5. The van der Waals surface area contributed by atoms with Crippen molar-refractivity contribution in [3.63, 3.8) is 0 Å². The average molecular weight is 435 g/mol. The molecule has 0 spiro atoms. The minimum absolute atomic E-state index is 0.240. The number of pyridine rings is 1. The van der Waals surface area contributed by atoms with Crippen LogP contribution in [0.15, 0.2) is 73.1 Å². The minimum atomic E-state index is -0.399. The summed E-state index contributed by atoms with van der Waals surface area (Å²) in [5, 5.41) is 7.72. The van der Waals surface area contributed by atoms with E-state index < -0.39 is 5.91 Å². The molecule has 0 aliphatic rings. The van der Waals surface area contributed by atoms with Crippen molar-refractivity contribution in [2.45, 2.75) is 0 Å². The first-order valence-corrected chi connectivity index (χ1v) is 9.77. The Morgan fingerprint density at radius 3 is 2.35 bits per heavy atom. The fraction of sp³-hybridized carbons (Fsp3) is 0.0870. The molecule has 0 atom stereocenters. The predicted molar refractivity (Wildman–Crippen MR) is 119 cm³/mol. The quantitative estimate of drug-likeness (QED) is 0.469. The van der Waals surface area contributed by atoms with Gasteiger partial charge in [-0.2, -0.15) is 5.10 Å². The highest BCUT2D eigenvalue weighted by Crippen LogP contribution is 2.36. The number of benzene rings is 2. The number of hydrogen-bond donors (Lipinski definition) is 1. The number of halogens is 1. The topological polar surface area (TPSA) is 78.3 Å². The summed E-state index contributed by atoms with van der Waals surface area (Å²) in [5.41, 5.74) is 3.13.